The highest BCUT2D eigenvalue weighted by Crippen LogP contribution is 2.28. The van der Waals surface area contributed by atoms with Gasteiger partial charge < -0.3 is 18.9 Å². The summed E-state index contributed by atoms with van der Waals surface area (Å²) in [5.41, 5.74) is -5.25. The molecule has 0 aromatic heterocycles. The highest BCUT2D eigenvalue weighted by Gasteiger charge is 2.48. The molecule has 1 amide bonds. The minimum absolute atomic E-state index is 0.110. The lowest BCUT2D eigenvalue weighted by atomic mass is 10.0. The van der Waals surface area contributed by atoms with Crippen molar-refractivity contribution in [2.75, 3.05) is 6.54 Å². The Balaban J connectivity index is 2.19. The van der Waals surface area contributed by atoms with Gasteiger partial charge >= 0.3 is 21.7 Å². The molecular weight excluding hydrogens is 511 g/mol. The highest BCUT2D eigenvalue weighted by molar-refractivity contribution is 7.88. The summed E-state index contributed by atoms with van der Waals surface area (Å²) in [6.07, 6.45) is -1.50. The molecule has 2 aromatic carbocycles. The quantitative estimate of drug-likeness (QED) is 0.354. The zero-order valence-electron chi connectivity index (χ0n) is 19.5. The summed E-state index contributed by atoms with van der Waals surface area (Å²) in [5, 5.41) is 11.1. The molecule has 0 saturated heterocycles. The Labute approximate surface area is 207 Å². The lowest BCUT2D eigenvalue weighted by Gasteiger charge is -2.33. The lowest BCUT2D eigenvalue weighted by Crippen LogP contribution is -2.45. The number of nitrogens with zero attached hydrogens (tertiary/aromatic N) is 1. The van der Waals surface area contributed by atoms with E-state index in [-0.39, 0.29) is 13.0 Å². The van der Waals surface area contributed by atoms with Gasteiger partial charge in [0.25, 0.3) is 0 Å². The van der Waals surface area contributed by atoms with Crippen LogP contribution in [-0.2, 0) is 21.3 Å². The maximum atomic E-state index is 12.9. The molecule has 0 heterocycles. The van der Waals surface area contributed by atoms with E-state index in [1.807, 2.05) is 0 Å². The molecule has 0 aliphatic carbocycles. The van der Waals surface area contributed by atoms with Gasteiger partial charge in [-0.15, -0.1) is 0 Å². The number of ether oxygens (including phenoxy) is 1. The van der Waals surface area contributed by atoms with Crippen molar-refractivity contribution in [1.29, 1.82) is 0 Å². The third-order valence-corrected chi connectivity index (χ3v) is 5.92. The molecule has 0 radical (unpaired) electrons. The molecule has 0 saturated carbocycles. The third kappa shape index (κ3) is 8.59. The number of aliphatic hydroxyl groups is 1. The Bertz CT molecular complexity index is 1120. The number of benzene rings is 2. The number of rotatable bonds is 8. The van der Waals surface area contributed by atoms with Gasteiger partial charge in [-0.25, -0.2) is 4.79 Å². The predicted octanol–water partition coefficient (Wildman–Crippen LogP) is 5.47. The topological polar surface area (TPSA) is 93.1 Å². The molecule has 0 bridgehead atoms. The van der Waals surface area contributed by atoms with Crippen LogP contribution >= 0.6 is 11.6 Å². The fraction of sp³-hybridized carbons (Fsp3) is 0.435. The summed E-state index contributed by atoms with van der Waals surface area (Å²) in [5.74, 6) is -0.501. The van der Waals surface area contributed by atoms with E-state index >= 15 is 0 Å². The van der Waals surface area contributed by atoms with Gasteiger partial charge in [-0.2, -0.15) is 21.6 Å². The van der Waals surface area contributed by atoms with Crippen molar-refractivity contribution in [3.05, 3.63) is 64.7 Å². The number of carbonyl (C=O) groups is 1. The monoisotopic (exact) mass is 537 g/mol. The molecule has 194 valence electrons. The van der Waals surface area contributed by atoms with Crippen LogP contribution in [0.25, 0.3) is 0 Å². The zero-order valence-corrected chi connectivity index (χ0v) is 21.1. The van der Waals surface area contributed by atoms with Gasteiger partial charge in [0.05, 0.1) is 12.6 Å². The van der Waals surface area contributed by atoms with Crippen molar-refractivity contribution in [3.8, 4) is 5.75 Å². The van der Waals surface area contributed by atoms with Crippen LogP contribution in [0.3, 0.4) is 0 Å². The smallest absolute Gasteiger partial charge is 0.444 e. The molecule has 1 N–H and O–H groups in total. The summed E-state index contributed by atoms with van der Waals surface area (Å²) in [4.78, 5) is 14.2. The number of aliphatic hydroxyl groups excluding tert-OH is 1. The third-order valence-electron chi connectivity index (χ3n) is 4.71. The van der Waals surface area contributed by atoms with Crippen LogP contribution in [0.15, 0.2) is 48.5 Å². The summed E-state index contributed by atoms with van der Waals surface area (Å²) >= 11 is 6.00. The molecule has 0 fully saturated rings. The van der Waals surface area contributed by atoms with Gasteiger partial charge in [-0.1, -0.05) is 35.9 Å². The fourth-order valence-electron chi connectivity index (χ4n) is 3.07. The van der Waals surface area contributed by atoms with E-state index in [0.29, 0.717) is 16.1 Å². The number of hydrogen-bond acceptors (Lipinski definition) is 6. The molecule has 12 heteroatoms. The van der Waals surface area contributed by atoms with Crippen LogP contribution in [-0.4, -0.2) is 48.2 Å². The maximum Gasteiger partial charge on any atom is 0.534 e. The molecule has 7 nitrogen and oxygen atoms in total. The van der Waals surface area contributed by atoms with Gasteiger partial charge in [0.1, 0.15) is 11.4 Å². The van der Waals surface area contributed by atoms with E-state index in [4.69, 9.17) is 16.3 Å². The number of halogens is 4. The molecule has 2 aromatic rings. The average molecular weight is 538 g/mol. The standard InChI is InChI=1S/C23H27ClF3NO6S/c1-15(12-16-8-10-19(11-9-16)34-35(31,32)23(25,26)27)28(21(30)33-22(2,3)4)14-20(29)17-6-5-7-18(24)13-17/h5-11,13,15,20,29H,12,14H2,1-4H3/t15?,20-/m0/s1. The van der Waals surface area contributed by atoms with Gasteiger partial charge in [0.2, 0.25) is 0 Å². The fourth-order valence-corrected chi connectivity index (χ4v) is 3.72. The predicted molar refractivity (Wildman–Crippen MR) is 125 cm³/mol. The number of amides is 1. The van der Waals surface area contributed by atoms with Crippen LogP contribution in [0, 0.1) is 0 Å². The number of carbonyl (C=O) groups excluding carboxylic acids is 1. The minimum Gasteiger partial charge on any atom is -0.444 e. The van der Waals surface area contributed by atoms with Crippen molar-refractivity contribution in [2.24, 2.45) is 0 Å². The SMILES string of the molecule is CC(Cc1ccc(OS(=O)(=O)C(F)(F)F)cc1)N(C[C@H](O)c1cccc(Cl)c1)C(=O)OC(C)(C)C. The average Bonchev–Trinajstić information content (AvgIpc) is 2.70. The van der Waals surface area contributed by atoms with Crippen molar-refractivity contribution in [1.82, 2.24) is 4.90 Å². The number of hydrogen-bond donors (Lipinski definition) is 1. The zero-order chi connectivity index (χ0) is 26.6. The van der Waals surface area contributed by atoms with Crippen molar-refractivity contribution >= 4 is 27.8 Å². The molecule has 35 heavy (non-hydrogen) atoms. The molecule has 0 aliphatic heterocycles. The summed E-state index contributed by atoms with van der Waals surface area (Å²) in [6.45, 7) is 6.72. The minimum atomic E-state index is -5.78. The summed E-state index contributed by atoms with van der Waals surface area (Å²) in [6, 6.07) is 11.0. The largest absolute Gasteiger partial charge is 0.534 e. The summed E-state index contributed by atoms with van der Waals surface area (Å²) in [7, 11) is -5.78. The molecule has 2 atom stereocenters. The Kier molecular flexibility index (Phi) is 9.07. The first-order valence-corrected chi connectivity index (χ1v) is 12.3. The van der Waals surface area contributed by atoms with Crippen molar-refractivity contribution in [3.63, 3.8) is 0 Å². The van der Waals surface area contributed by atoms with Crippen LogP contribution < -0.4 is 4.18 Å². The van der Waals surface area contributed by atoms with E-state index in [1.54, 1.807) is 52.0 Å². The first-order valence-electron chi connectivity index (χ1n) is 10.5. The second-order valence-electron chi connectivity index (χ2n) is 8.88. The van der Waals surface area contributed by atoms with E-state index < -0.39 is 45.2 Å². The van der Waals surface area contributed by atoms with Gasteiger partial charge in [-0.3, -0.25) is 0 Å². The maximum absolute atomic E-state index is 12.9. The van der Waals surface area contributed by atoms with E-state index in [2.05, 4.69) is 4.18 Å². The van der Waals surface area contributed by atoms with Crippen LogP contribution in [0.4, 0.5) is 18.0 Å². The first kappa shape index (κ1) is 28.7. The van der Waals surface area contributed by atoms with Crippen LogP contribution in [0.5, 0.6) is 5.75 Å². The van der Waals surface area contributed by atoms with Crippen molar-refractivity contribution in [2.45, 2.75) is 57.4 Å². The molecule has 0 spiro atoms. The van der Waals surface area contributed by atoms with Gasteiger partial charge in [0.15, 0.2) is 0 Å². The molecular formula is C23H27ClF3NO6S. The van der Waals surface area contributed by atoms with E-state index in [9.17, 15) is 31.5 Å². The first-order chi connectivity index (χ1) is 16.0. The molecule has 2 rings (SSSR count). The van der Waals surface area contributed by atoms with Crippen LogP contribution in [0.2, 0.25) is 5.02 Å². The number of alkyl halides is 3. The Morgan fingerprint density at radius 1 is 1.11 bits per heavy atom. The van der Waals surface area contributed by atoms with Gasteiger partial charge in [-0.05, 0) is 69.5 Å². The Morgan fingerprint density at radius 2 is 1.71 bits per heavy atom. The second kappa shape index (κ2) is 11.0. The van der Waals surface area contributed by atoms with Crippen molar-refractivity contribution < 1.29 is 40.4 Å². The Morgan fingerprint density at radius 3 is 2.23 bits per heavy atom. The van der Waals surface area contributed by atoms with E-state index in [0.717, 1.165) is 12.1 Å². The van der Waals surface area contributed by atoms with E-state index in [1.165, 1.54) is 17.0 Å². The normalized spacial score (nSPS) is 14.2. The molecule has 0 aliphatic rings. The van der Waals surface area contributed by atoms with Gasteiger partial charge in [0, 0.05) is 11.1 Å². The Hall–Kier alpha value is -2.50. The lowest BCUT2D eigenvalue weighted by molar-refractivity contribution is -0.0500. The summed E-state index contributed by atoms with van der Waals surface area (Å²) < 4.78 is 69.4. The molecule has 1 unspecified atom stereocenters. The highest BCUT2D eigenvalue weighted by atomic mass is 35.5. The van der Waals surface area contributed by atoms with Crippen LogP contribution in [0.1, 0.15) is 44.9 Å². The second-order valence-corrected chi connectivity index (χ2v) is 10.9.